The molecule has 1 rings (SSSR count). The largest absolute Gasteiger partial charge is 0.207 e. The Morgan fingerprint density at radius 3 is 2.31 bits per heavy atom. The summed E-state index contributed by atoms with van der Waals surface area (Å²) in [7, 11) is 0. The van der Waals surface area contributed by atoms with Crippen LogP contribution in [0.4, 0.5) is 8.78 Å². The molecule has 1 aromatic carbocycles. The standard InChI is InChI=1S/C10H12F2S/c1-2-3-13-7-8-4-9(11)6-10(12)5-8/h4-6H,2-3,7H2,1H3. The van der Waals surface area contributed by atoms with Crippen LogP contribution in [0.5, 0.6) is 0 Å². The molecular formula is C10H12F2S. The molecular weight excluding hydrogens is 190 g/mol. The third-order valence-corrected chi connectivity index (χ3v) is 2.77. The van der Waals surface area contributed by atoms with E-state index in [0.717, 1.165) is 23.8 Å². The number of benzene rings is 1. The fraction of sp³-hybridized carbons (Fsp3) is 0.400. The third kappa shape index (κ3) is 3.77. The van der Waals surface area contributed by atoms with E-state index in [0.29, 0.717) is 5.75 Å². The molecule has 0 aliphatic heterocycles. The first-order chi connectivity index (χ1) is 6.22. The van der Waals surface area contributed by atoms with Crippen molar-refractivity contribution >= 4 is 11.8 Å². The minimum absolute atomic E-state index is 0.493. The van der Waals surface area contributed by atoms with Gasteiger partial charge in [-0.2, -0.15) is 11.8 Å². The summed E-state index contributed by atoms with van der Waals surface area (Å²) < 4.78 is 25.4. The van der Waals surface area contributed by atoms with E-state index in [-0.39, 0.29) is 0 Å². The Labute approximate surface area is 81.3 Å². The number of rotatable bonds is 4. The van der Waals surface area contributed by atoms with Gasteiger partial charge >= 0.3 is 0 Å². The summed E-state index contributed by atoms with van der Waals surface area (Å²) in [4.78, 5) is 0. The SMILES string of the molecule is CCCSCc1cc(F)cc(F)c1. The summed E-state index contributed by atoms with van der Waals surface area (Å²) in [6, 6.07) is 3.66. The molecule has 0 unspecified atom stereocenters. The van der Waals surface area contributed by atoms with Crippen LogP contribution in [-0.4, -0.2) is 5.75 Å². The van der Waals surface area contributed by atoms with Gasteiger partial charge in [0.25, 0.3) is 0 Å². The predicted molar refractivity (Wildman–Crippen MR) is 52.8 cm³/mol. The normalized spacial score (nSPS) is 10.4. The second kappa shape index (κ2) is 5.22. The van der Waals surface area contributed by atoms with Gasteiger partial charge in [-0.05, 0) is 29.9 Å². The Bertz CT molecular complexity index is 253. The molecule has 0 saturated heterocycles. The van der Waals surface area contributed by atoms with Crippen LogP contribution in [0.3, 0.4) is 0 Å². The van der Waals surface area contributed by atoms with Crippen LogP contribution in [-0.2, 0) is 5.75 Å². The quantitative estimate of drug-likeness (QED) is 0.672. The molecule has 13 heavy (non-hydrogen) atoms. The van der Waals surface area contributed by atoms with E-state index in [1.165, 1.54) is 12.1 Å². The summed E-state index contributed by atoms with van der Waals surface area (Å²) in [6.45, 7) is 2.08. The molecule has 0 bridgehead atoms. The lowest BCUT2D eigenvalue weighted by atomic mass is 10.2. The average molecular weight is 202 g/mol. The first kappa shape index (κ1) is 10.5. The number of thioether (sulfide) groups is 1. The zero-order chi connectivity index (χ0) is 9.68. The maximum atomic E-state index is 12.7. The first-order valence-electron chi connectivity index (χ1n) is 4.25. The van der Waals surface area contributed by atoms with Crippen molar-refractivity contribution in [3.63, 3.8) is 0 Å². The van der Waals surface area contributed by atoms with E-state index in [1.807, 2.05) is 0 Å². The topological polar surface area (TPSA) is 0 Å². The van der Waals surface area contributed by atoms with Crippen LogP contribution in [0.2, 0.25) is 0 Å². The van der Waals surface area contributed by atoms with Crippen molar-refractivity contribution in [3.05, 3.63) is 35.4 Å². The highest BCUT2D eigenvalue weighted by Gasteiger charge is 1.99. The predicted octanol–water partition coefficient (Wildman–Crippen LogP) is 3.61. The third-order valence-electron chi connectivity index (χ3n) is 1.54. The smallest absolute Gasteiger partial charge is 0.126 e. The van der Waals surface area contributed by atoms with Gasteiger partial charge in [-0.1, -0.05) is 6.92 Å². The Hall–Kier alpha value is -0.570. The highest BCUT2D eigenvalue weighted by Crippen LogP contribution is 2.15. The Morgan fingerprint density at radius 1 is 1.15 bits per heavy atom. The molecule has 0 aliphatic carbocycles. The monoisotopic (exact) mass is 202 g/mol. The van der Waals surface area contributed by atoms with Crippen molar-refractivity contribution in [2.24, 2.45) is 0 Å². The molecule has 0 fully saturated rings. The minimum Gasteiger partial charge on any atom is -0.207 e. The zero-order valence-corrected chi connectivity index (χ0v) is 8.33. The summed E-state index contributed by atoms with van der Waals surface area (Å²) in [5, 5.41) is 0. The van der Waals surface area contributed by atoms with Gasteiger partial charge in [0.1, 0.15) is 11.6 Å². The molecule has 0 amide bonds. The molecule has 0 nitrogen and oxygen atoms in total. The van der Waals surface area contributed by atoms with Gasteiger partial charge in [0, 0.05) is 11.8 Å². The molecule has 0 aliphatic rings. The molecule has 0 N–H and O–H groups in total. The molecule has 0 heterocycles. The van der Waals surface area contributed by atoms with Crippen molar-refractivity contribution in [3.8, 4) is 0 Å². The lowest BCUT2D eigenvalue weighted by Crippen LogP contribution is -1.87. The van der Waals surface area contributed by atoms with Crippen LogP contribution in [0, 0.1) is 11.6 Å². The van der Waals surface area contributed by atoms with Crippen molar-refractivity contribution < 1.29 is 8.78 Å². The second-order valence-corrected chi connectivity index (χ2v) is 3.94. The fourth-order valence-electron chi connectivity index (χ4n) is 1.03. The van der Waals surface area contributed by atoms with Crippen LogP contribution < -0.4 is 0 Å². The van der Waals surface area contributed by atoms with Gasteiger partial charge in [0.05, 0.1) is 0 Å². The van der Waals surface area contributed by atoms with Crippen molar-refractivity contribution in [1.29, 1.82) is 0 Å². The minimum atomic E-state index is -0.493. The zero-order valence-electron chi connectivity index (χ0n) is 7.52. The van der Waals surface area contributed by atoms with Gasteiger partial charge in [-0.25, -0.2) is 8.78 Å². The Morgan fingerprint density at radius 2 is 1.77 bits per heavy atom. The first-order valence-corrected chi connectivity index (χ1v) is 5.40. The summed E-state index contributed by atoms with van der Waals surface area (Å²) in [5.74, 6) is 0.722. The van der Waals surface area contributed by atoms with Crippen LogP contribution in [0.15, 0.2) is 18.2 Å². The Kier molecular flexibility index (Phi) is 4.22. The number of halogens is 2. The van der Waals surface area contributed by atoms with Crippen LogP contribution in [0.1, 0.15) is 18.9 Å². The van der Waals surface area contributed by atoms with Gasteiger partial charge < -0.3 is 0 Å². The maximum absolute atomic E-state index is 12.7. The van der Waals surface area contributed by atoms with E-state index >= 15 is 0 Å². The van der Waals surface area contributed by atoms with E-state index in [2.05, 4.69) is 6.92 Å². The van der Waals surface area contributed by atoms with E-state index < -0.39 is 11.6 Å². The van der Waals surface area contributed by atoms with E-state index in [9.17, 15) is 8.78 Å². The highest BCUT2D eigenvalue weighted by molar-refractivity contribution is 7.98. The van der Waals surface area contributed by atoms with Gasteiger partial charge in [-0.15, -0.1) is 0 Å². The maximum Gasteiger partial charge on any atom is 0.126 e. The van der Waals surface area contributed by atoms with Gasteiger partial charge in [0.2, 0.25) is 0 Å². The summed E-state index contributed by atoms with van der Waals surface area (Å²) in [6.07, 6.45) is 1.09. The summed E-state index contributed by atoms with van der Waals surface area (Å²) in [5.41, 5.74) is 0.718. The molecule has 1 aromatic rings. The molecule has 0 aromatic heterocycles. The van der Waals surface area contributed by atoms with Crippen molar-refractivity contribution in [2.75, 3.05) is 5.75 Å². The van der Waals surface area contributed by atoms with Crippen molar-refractivity contribution in [1.82, 2.24) is 0 Å². The van der Waals surface area contributed by atoms with E-state index in [1.54, 1.807) is 11.8 Å². The highest BCUT2D eigenvalue weighted by atomic mass is 32.2. The molecule has 0 atom stereocenters. The average Bonchev–Trinajstić information content (AvgIpc) is 2.03. The lowest BCUT2D eigenvalue weighted by molar-refractivity contribution is 0.581. The summed E-state index contributed by atoms with van der Waals surface area (Å²) >= 11 is 1.69. The van der Waals surface area contributed by atoms with Gasteiger partial charge in [0.15, 0.2) is 0 Å². The lowest BCUT2D eigenvalue weighted by Gasteiger charge is -2.00. The van der Waals surface area contributed by atoms with Crippen LogP contribution >= 0.6 is 11.8 Å². The second-order valence-electron chi connectivity index (χ2n) is 2.83. The fourth-order valence-corrected chi connectivity index (χ4v) is 1.86. The van der Waals surface area contributed by atoms with Crippen LogP contribution in [0.25, 0.3) is 0 Å². The molecule has 0 saturated carbocycles. The number of hydrogen-bond acceptors (Lipinski definition) is 1. The van der Waals surface area contributed by atoms with Gasteiger partial charge in [-0.3, -0.25) is 0 Å². The molecule has 0 spiro atoms. The Balaban J connectivity index is 2.56. The van der Waals surface area contributed by atoms with E-state index in [4.69, 9.17) is 0 Å². The van der Waals surface area contributed by atoms with Crippen molar-refractivity contribution in [2.45, 2.75) is 19.1 Å². The molecule has 3 heteroatoms. The number of hydrogen-bond donors (Lipinski definition) is 0. The molecule has 72 valence electrons. The molecule has 0 radical (unpaired) electrons.